The summed E-state index contributed by atoms with van der Waals surface area (Å²) in [5.74, 6) is 0.976. The summed E-state index contributed by atoms with van der Waals surface area (Å²) in [6, 6.07) is 8.02. The Morgan fingerprint density at radius 3 is 2.86 bits per heavy atom. The highest BCUT2D eigenvalue weighted by molar-refractivity contribution is 5.70. The minimum atomic E-state index is -0.627. The highest BCUT2D eigenvalue weighted by Crippen LogP contribution is 2.38. The van der Waals surface area contributed by atoms with Crippen LogP contribution in [0.5, 0.6) is 5.75 Å². The Balaban J connectivity index is 2.09. The minimum Gasteiger partial charge on any atom is -0.497 e. The molecule has 3 atom stereocenters. The summed E-state index contributed by atoms with van der Waals surface area (Å²) in [7, 11) is 1.66. The molecule has 21 heavy (non-hydrogen) atoms. The van der Waals surface area contributed by atoms with Crippen LogP contribution in [0.2, 0.25) is 0 Å². The molecule has 1 aromatic carbocycles. The van der Waals surface area contributed by atoms with Crippen molar-refractivity contribution in [2.24, 2.45) is 17.8 Å². The third-order valence-corrected chi connectivity index (χ3v) is 4.74. The maximum atomic E-state index is 11.5. The van der Waals surface area contributed by atoms with Gasteiger partial charge in [-0.25, -0.2) is 0 Å². The van der Waals surface area contributed by atoms with Crippen LogP contribution in [0.4, 0.5) is 0 Å². The Kier molecular flexibility index (Phi) is 5.66. The SMILES string of the molecule is CCCC1CCC(C(=O)O)C(Cc2cccc(OC)c2)C1. The van der Waals surface area contributed by atoms with E-state index in [0.29, 0.717) is 5.92 Å². The fourth-order valence-corrected chi connectivity index (χ4v) is 3.68. The van der Waals surface area contributed by atoms with Gasteiger partial charge < -0.3 is 9.84 Å². The summed E-state index contributed by atoms with van der Waals surface area (Å²) >= 11 is 0. The van der Waals surface area contributed by atoms with Crippen LogP contribution < -0.4 is 4.74 Å². The lowest BCUT2D eigenvalue weighted by Crippen LogP contribution is -2.32. The van der Waals surface area contributed by atoms with Gasteiger partial charge in [-0.1, -0.05) is 31.9 Å². The number of carbonyl (C=O) groups is 1. The molecule has 0 aliphatic heterocycles. The first-order valence-corrected chi connectivity index (χ1v) is 7.99. The van der Waals surface area contributed by atoms with Crippen LogP contribution in [-0.2, 0) is 11.2 Å². The van der Waals surface area contributed by atoms with Gasteiger partial charge in [-0.3, -0.25) is 4.79 Å². The van der Waals surface area contributed by atoms with Crippen LogP contribution in [-0.4, -0.2) is 18.2 Å². The van der Waals surface area contributed by atoms with Crippen molar-refractivity contribution < 1.29 is 14.6 Å². The smallest absolute Gasteiger partial charge is 0.306 e. The Morgan fingerprint density at radius 2 is 2.19 bits per heavy atom. The summed E-state index contributed by atoms with van der Waals surface area (Å²) in [4.78, 5) is 11.5. The molecule has 1 aliphatic rings. The zero-order valence-corrected chi connectivity index (χ0v) is 13.0. The van der Waals surface area contributed by atoms with Crippen LogP contribution in [0.3, 0.4) is 0 Å². The van der Waals surface area contributed by atoms with Gasteiger partial charge in [-0.2, -0.15) is 0 Å². The predicted molar refractivity (Wildman–Crippen MR) is 83.6 cm³/mol. The van der Waals surface area contributed by atoms with E-state index in [1.54, 1.807) is 7.11 Å². The molecule has 3 unspecified atom stereocenters. The van der Waals surface area contributed by atoms with Crippen molar-refractivity contribution in [3.05, 3.63) is 29.8 Å². The molecule has 2 rings (SSSR count). The Morgan fingerprint density at radius 1 is 1.38 bits per heavy atom. The zero-order chi connectivity index (χ0) is 15.2. The molecule has 1 fully saturated rings. The maximum absolute atomic E-state index is 11.5. The standard InChI is InChI=1S/C18H26O3/c1-3-5-13-8-9-17(18(19)20)15(10-13)11-14-6-4-7-16(12-14)21-2/h4,6-7,12-13,15,17H,3,5,8-11H2,1-2H3,(H,19,20). The number of carboxylic acid groups (broad SMARTS) is 1. The molecule has 0 bridgehead atoms. The van der Waals surface area contributed by atoms with E-state index in [9.17, 15) is 9.90 Å². The molecule has 1 saturated carbocycles. The second kappa shape index (κ2) is 7.48. The average Bonchev–Trinajstić information content (AvgIpc) is 2.48. The van der Waals surface area contributed by atoms with Crippen molar-refractivity contribution in [1.82, 2.24) is 0 Å². The highest BCUT2D eigenvalue weighted by Gasteiger charge is 2.34. The van der Waals surface area contributed by atoms with E-state index in [1.165, 1.54) is 18.4 Å². The third-order valence-electron chi connectivity index (χ3n) is 4.74. The van der Waals surface area contributed by atoms with Crippen molar-refractivity contribution in [2.45, 2.75) is 45.4 Å². The molecule has 3 nitrogen and oxygen atoms in total. The first kappa shape index (κ1) is 15.9. The monoisotopic (exact) mass is 290 g/mol. The number of benzene rings is 1. The quantitative estimate of drug-likeness (QED) is 0.856. The summed E-state index contributed by atoms with van der Waals surface area (Å²) in [6.07, 6.45) is 6.19. The van der Waals surface area contributed by atoms with Crippen molar-refractivity contribution >= 4 is 5.97 Å². The number of hydrogen-bond donors (Lipinski definition) is 1. The molecule has 0 heterocycles. The van der Waals surface area contributed by atoms with E-state index in [4.69, 9.17) is 4.74 Å². The van der Waals surface area contributed by atoms with Gasteiger partial charge in [0.1, 0.15) is 5.75 Å². The van der Waals surface area contributed by atoms with Crippen molar-refractivity contribution in [2.75, 3.05) is 7.11 Å². The topological polar surface area (TPSA) is 46.5 Å². The first-order chi connectivity index (χ1) is 10.1. The van der Waals surface area contributed by atoms with Crippen molar-refractivity contribution in [1.29, 1.82) is 0 Å². The van der Waals surface area contributed by atoms with Gasteiger partial charge in [-0.15, -0.1) is 0 Å². The van der Waals surface area contributed by atoms with E-state index in [2.05, 4.69) is 13.0 Å². The molecule has 0 spiro atoms. The van der Waals surface area contributed by atoms with Gasteiger partial charge in [0, 0.05) is 0 Å². The largest absolute Gasteiger partial charge is 0.497 e. The molecular formula is C18H26O3. The van der Waals surface area contributed by atoms with Crippen LogP contribution in [0.25, 0.3) is 0 Å². The van der Waals surface area contributed by atoms with Crippen LogP contribution in [0, 0.1) is 17.8 Å². The van der Waals surface area contributed by atoms with Gasteiger partial charge in [-0.05, 0) is 55.2 Å². The van der Waals surface area contributed by atoms with E-state index in [1.807, 2.05) is 18.2 Å². The lowest BCUT2D eigenvalue weighted by molar-refractivity contribution is -0.145. The predicted octanol–water partition coefficient (Wildman–Crippen LogP) is 4.15. The van der Waals surface area contributed by atoms with Crippen molar-refractivity contribution in [3.63, 3.8) is 0 Å². The minimum absolute atomic E-state index is 0.190. The molecule has 0 radical (unpaired) electrons. The summed E-state index contributed by atoms with van der Waals surface area (Å²) < 4.78 is 5.26. The van der Waals surface area contributed by atoms with Crippen LogP contribution in [0.1, 0.15) is 44.6 Å². The van der Waals surface area contributed by atoms with Gasteiger partial charge >= 0.3 is 5.97 Å². The summed E-state index contributed by atoms with van der Waals surface area (Å²) in [5.41, 5.74) is 1.18. The molecule has 1 aliphatic carbocycles. The van der Waals surface area contributed by atoms with Gasteiger partial charge in [0.2, 0.25) is 0 Å². The van der Waals surface area contributed by atoms with E-state index in [0.717, 1.165) is 31.4 Å². The van der Waals surface area contributed by atoms with Gasteiger partial charge in [0.05, 0.1) is 13.0 Å². The molecule has 116 valence electrons. The Labute approximate surface area is 127 Å². The molecular weight excluding hydrogens is 264 g/mol. The second-order valence-electron chi connectivity index (χ2n) is 6.23. The molecule has 1 N–H and O–H groups in total. The Hall–Kier alpha value is -1.51. The number of methoxy groups -OCH3 is 1. The second-order valence-corrected chi connectivity index (χ2v) is 6.23. The molecule has 1 aromatic rings. The van der Waals surface area contributed by atoms with E-state index >= 15 is 0 Å². The third kappa shape index (κ3) is 4.23. The van der Waals surface area contributed by atoms with E-state index in [-0.39, 0.29) is 11.8 Å². The molecule has 0 amide bonds. The number of aliphatic carboxylic acids is 1. The number of carboxylic acids is 1. The maximum Gasteiger partial charge on any atom is 0.306 e. The fraction of sp³-hybridized carbons (Fsp3) is 0.611. The van der Waals surface area contributed by atoms with Gasteiger partial charge in [0.15, 0.2) is 0 Å². The summed E-state index contributed by atoms with van der Waals surface area (Å²) in [5, 5.41) is 9.48. The average molecular weight is 290 g/mol. The molecule has 0 saturated heterocycles. The zero-order valence-electron chi connectivity index (χ0n) is 13.0. The van der Waals surface area contributed by atoms with Crippen molar-refractivity contribution in [3.8, 4) is 5.75 Å². The van der Waals surface area contributed by atoms with Gasteiger partial charge in [0.25, 0.3) is 0 Å². The normalized spacial score (nSPS) is 25.5. The van der Waals surface area contributed by atoms with Crippen LogP contribution >= 0.6 is 0 Å². The van der Waals surface area contributed by atoms with Crippen LogP contribution in [0.15, 0.2) is 24.3 Å². The Bertz CT molecular complexity index is 469. The van der Waals surface area contributed by atoms with E-state index < -0.39 is 5.97 Å². The molecule has 0 aromatic heterocycles. The lowest BCUT2D eigenvalue weighted by Gasteiger charge is -2.34. The number of rotatable bonds is 6. The summed E-state index contributed by atoms with van der Waals surface area (Å²) in [6.45, 7) is 2.21. The first-order valence-electron chi connectivity index (χ1n) is 7.99. The fourth-order valence-electron chi connectivity index (χ4n) is 3.68. The number of ether oxygens (including phenoxy) is 1. The number of hydrogen-bond acceptors (Lipinski definition) is 2. The lowest BCUT2D eigenvalue weighted by atomic mass is 9.70. The highest BCUT2D eigenvalue weighted by atomic mass is 16.5. The molecule has 3 heteroatoms.